The van der Waals surface area contributed by atoms with Gasteiger partial charge < -0.3 is 10.2 Å². The van der Waals surface area contributed by atoms with E-state index in [1.165, 1.54) is 42.4 Å². The molecule has 118 valence electrons. The van der Waals surface area contributed by atoms with Gasteiger partial charge in [-0.25, -0.2) is 0 Å². The average molecular weight is 288 g/mol. The minimum absolute atomic E-state index is 0.238. The Morgan fingerprint density at radius 2 is 1.62 bits per heavy atom. The highest BCUT2D eigenvalue weighted by molar-refractivity contribution is 5.33. The molecule has 2 heteroatoms. The normalized spacial score (nSPS) is 27.9. The van der Waals surface area contributed by atoms with E-state index in [-0.39, 0.29) is 5.54 Å². The molecule has 0 aliphatic heterocycles. The smallest absolute Gasteiger partial charge is 0.0504 e. The quantitative estimate of drug-likeness (QED) is 0.898. The van der Waals surface area contributed by atoms with Crippen LogP contribution in [0.15, 0.2) is 18.2 Å². The van der Waals surface area contributed by atoms with Gasteiger partial charge in [0.05, 0.1) is 6.04 Å². The highest BCUT2D eigenvalue weighted by Crippen LogP contribution is 2.43. The largest absolute Gasteiger partial charge is 0.311 e. The summed E-state index contributed by atoms with van der Waals surface area (Å²) >= 11 is 0. The van der Waals surface area contributed by atoms with Gasteiger partial charge in [-0.3, -0.25) is 0 Å². The van der Waals surface area contributed by atoms with Crippen LogP contribution in [-0.2, 0) is 0 Å². The fraction of sp³-hybridized carbons (Fsp3) is 0.684. The molecule has 1 aromatic carbocycles. The molecule has 1 fully saturated rings. The van der Waals surface area contributed by atoms with Crippen molar-refractivity contribution in [2.75, 3.05) is 21.1 Å². The van der Waals surface area contributed by atoms with Crippen LogP contribution >= 0.6 is 0 Å². The van der Waals surface area contributed by atoms with E-state index in [0.717, 1.165) is 5.92 Å². The zero-order chi connectivity index (χ0) is 15.6. The van der Waals surface area contributed by atoms with Crippen molar-refractivity contribution in [1.29, 1.82) is 0 Å². The van der Waals surface area contributed by atoms with Crippen LogP contribution in [0.25, 0.3) is 0 Å². The van der Waals surface area contributed by atoms with E-state index in [2.05, 4.69) is 70.3 Å². The fourth-order valence-electron chi connectivity index (χ4n) is 4.18. The molecule has 1 atom stereocenters. The number of aryl methyl sites for hydroxylation is 2. The molecule has 0 heterocycles. The first-order chi connectivity index (χ1) is 9.89. The number of hydrogen-bond acceptors (Lipinski definition) is 2. The number of hydrogen-bond donors (Lipinski definition) is 1. The van der Waals surface area contributed by atoms with Crippen LogP contribution < -0.4 is 5.32 Å². The van der Waals surface area contributed by atoms with Crippen molar-refractivity contribution in [2.45, 2.75) is 58.0 Å². The van der Waals surface area contributed by atoms with E-state index in [4.69, 9.17) is 0 Å². The molecule has 21 heavy (non-hydrogen) atoms. The predicted molar refractivity (Wildman–Crippen MR) is 91.8 cm³/mol. The summed E-state index contributed by atoms with van der Waals surface area (Å²) < 4.78 is 0. The van der Waals surface area contributed by atoms with Gasteiger partial charge in [-0.1, -0.05) is 36.2 Å². The minimum atomic E-state index is 0.238. The molecule has 0 radical (unpaired) electrons. The predicted octanol–water partition coefficient (Wildman–Crippen LogP) is 4.07. The van der Waals surface area contributed by atoms with E-state index >= 15 is 0 Å². The number of rotatable bonds is 4. The molecule has 0 bridgehead atoms. The molecule has 1 N–H and O–H groups in total. The zero-order valence-electron chi connectivity index (χ0n) is 14.7. The summed E-state index contributed by atoms with van der Waals surface area (Å²) in [5.41, 5.74) is 4.41. The summed E-state index contributed by atoms with van der Waals surface area (Å²) in [6.07, 6.45) is 5.22. The molecule has 1 saturated carbocycles. The van der Waals surface area contributed by atoms with Gasteiger partial charge in [0.25, 0.3) is 0 Å². The van der Waals surface area contributed by atoms with Crippen LogP contribution in [0.4, 0.5) is 0 Å². The molecule has 1 unspecified atom stereocenters. The first kappa shape index (κ1) is 16.5. The number of likely N-dealkylation sites (N-methyl/N-ethyl adjacent to an activating group) is 2. The maximum atomic E-state index is 3.64. The number of nitrogens with zero attached hydrogens (tertiary/aromatic N) is 1. The minimum Gasteiger partial charge on any atom is -0.311 e. The van der Waals surface area contributed by atoms with Crippen molar-refractivity contribution in [1.82, 2.24) is 10.2 Å². The van der Waals surface area contributed by atoms with Crippen LogP contribution in [0.3, 0.4) is 0 Å². The van der Waals surface area contributed by atoms with Gasteiger partial charge in [0.15, 0.2) is 0 Å². The molecule has 1 aliphatic carbocycles. The molecular weight excluding hydrogens is 256 g/mol. The fourth-order valence-corrected chi connectivity index (χ4v) is 4.18. The highest BCUT2D eigenvalue weighted by atomic mass is 15.2. The molecule has 0 amide bonds. The lowest BCUT2D eigenvalue weighted by Crippen LogP contribution is -2.55. The number of benzene rings is 1. The van der Waals surface area contributed by atoms with Gasteiger partial charge in [-0.05, 0) is 72.2 Å². The molecule has 2 nitrogen and oxygen atoms in total. The first-order valence-corrected chi connectivity index (χ1v) is 8.32. The third-order valence-corrected chi connectivity index (χ3v) is 5.43. The summed E-state index contributed by atoms with van der Waals surface area (Å²) in [5.74, 6) is 0.870. The van der Waals surface area contributed by atoms with E-state index < -0.39 is 0 Å². The van der Waals surface area contributed by atoms with Gasteiger partial charge in [0.1, 0.15) is 0 Å². The second kappa shape index (κ2) is 6.50. The highest BCUT2D eigenvalue weighted by Gasteiger charge is 2.43. The maximum Gasteiger partial charge on any atom is 0.0504 e. The molecular formula is C19H32N2. The van der Waals surface area contributed by atoms with Crippen LogP contribution in [0, 0.1) is 19.8 Å². The van der Waals surface area contributed by atoms with Crippen molar-refractivity contribution in [3.8, 4) is 0 Å². The average Bonchev–Trinajstić information content (AvgIpc) is 2.40. The Hall–Kier alpha value is -0.860. The maximum absolute atomic E-state index is 3.64. The Labute approximate surface area is 130 Å². The van der Waals surface area contributed by atoms with Gasteiger partial charge in [-0.2, -0.15) is 0 Å². The molecule has 0 saturated heterocycles. The van der Waals surface area contributed by atoms with Gasteiger partial charge in [-0.15, -0.1) is 0 Å². The Morgan fingerprint density at radius 1 is 1.10 bits per heavy atom. The second-order valence-corrected chi connectivity index (χ2v) is 7.32. The Balaban J connectivity index is 2.40. The van der Waals surface area contributed by atoms with Crippen molar-refractivity contribution < 1.29 is 0 Å². The van der Waals surface area contributed by atoms with Crippen molar-refractivity contribution in [3.63, 3.8) is 0 Å². The lowest BCUT2D eigenvalue weighted by Gasteiger charge is -2.50. The van der Waals surface area contributed by atoms with Crippen molar-refractivity contribution >= 4 is 0 Å². The zero-order valence-corrected chi connectivity index (χ0v) is 14.7. The number of nitrogens with one attached hydrogen (secondary N) is 1. The Morgan fingerprint density at radius 3 is 2.05 bits per heavy atom. The van der Waals surface area contributed by atoms with E-state index in [1.807, 2.05) is 0 Å². The molecule has 1 aromatic rings. The lowest BCUT2D eigenvalue weighted by atomic mass is 9.70. The molecule has 1 aliphatic rings. The second-order valence-electron chi connectivity index (χ2n) is 7.32. The van der Waals surface area contributed by atoms with Crippen LogP contribution in [0.5, 0.6) is 0 Å². The molecule has 0 aromatic heterocycles. The SMILES string of the molecule is CNC(c1cc(C)cc(C)c1)C1(N(C)C)CCC(C)CC1. The van der Waals surface area contributed by atoms with Crippen molar-refractivity contribution in [2.24, 2.45) is 5.92 Å². The summed E-state index contributed by atoms with van der Waals surface area (Å²) in [4.78, 5) is 2.47. The van der Waals surface area contributed by atoms with Crippen LogP contribution in [-0.4, -0.2) is 31.6 Å². The van der Waals surface area contributed by atoms with E-state index in [1.54, 1.807) is 0 Å². The molecule has 0 spiro atoms. The lowest BCUT2D eigenvalue weighted by molar-refractivity contribution is 0.0455. The van der Waals surface area contributed by atoms with Gasteiger partial charge in [0.2, 0.25) is 0 Å². The monoisotopic (exact) mass is 288 g/mol. The first-order valence-electron chi connectivity index (χ1n) is 8.32. The summed E-state index contributed by atoms with van der Waals surface area (Å²) in [6.45, 7) is 6.80. The standard InChI is InChI=1S/C19H32N2/c1-14-7-9-19(10-8-14,21(5)6)18(20-4)17-12-15(2)11-16(3)13-17/h11-14,18,20H,7-10H2,1-6H3. The Kier molecular flexibility index (Phi) is 5.11. The summed E-state index contributed by atoms with van der Waals surface area (Å²) in [5, 5.41) is 3.64. The third-order valence-electron chi connectivity index (χ3n) is 5.43. The third kappa shape index (κ3) is 3.32. The van der Waals surface area contributed by atoms with E-state index in [0.29, 0.717) is 6.04 Å². The summed E-state index contributed by atoms with van der Waals surface area (Å²) in [7, 11) is 6.62. The van der Waals surface area contributed by atoms with Crippen LogP contribution in [0.2, 0.25) is 0 Å². The van der Waals surface area contributed by atoms with Gasteiger partial charge in [0, 0.05) is 5.54 Å². The Bertz CT molecular complexity index is 450. The van der Waals surface area contributed by atoms with Gasteiger partial charge >= 0.3 is 0 Å². The summed E-state index contributed by atoms with van der Waals surface area (Å²) in [6, 6.07) is 7.38. The topological polar surface area (TPSA) is 15.3 Å². The van der Waals surface area contributed by atoms with Crippen LogP contribution in [0.1, 0.15) is 55.3 Å². The molecule has 2 rings (SSSR count). The van der Waals surface area contributed by atoms with Crippen molar-refractivity contribution in [3.05, 3.63) is 34.9 Å². The van der Waals surface area contributed by atoms with E-state index in [9.17, 15) is 0 Å².